The van der Waals surface area contributed by atoms with Crippen molar-refractivity contribution in [2.75, 3.05) is 5.73 Å². The van der Waals surface area contributed by atoms with Crippen LogP contribution in [-0.4, -0.2) is 14.6 Å². The van der Waals surface area contributed by atoms with Crippen molar-refractivity contribution in [2.45, 2.75) is 0 Å². The minimum absolute atomic E-state index is 0.411. The number of hydrogen-bond donors (Lipinski definition) is 1. The van der Waals surface area contributed by atoms with E-state index in [1.807, 2.05) is 22.6 Å². The molecule has 3 rings (SSSR count). The number of thiazole rings is 1. The minimum atomic E-state index is 0.411. The van der Waals surface area contributed by atoms with Gasteiger partial charge in [0.05, 0.1) is 10.2 Å². The van der Waals surface area contributed by atoms with Crippen LogP contribution >= 0.6 is 22.9 Å². The van der Waals surface area contributed by atoms with Gasteiger partial charge in [-0.25, -0.2) is 0 Å². The summed E-state index contributed by atoms with van der Waals surface area (Å²) < 4.78 is 2.88. The van der Waals surface area contributed by atoms with E-state index in [1.165, 1.54) is 11.3 Å². The zero-order valence-corrected chi connectivity index (χ0v) is 8.51. The van der Waals surface area contributed by atoms with Crippen LogP contribution in [0.4, 0.5) is 5.95 Å². The standard InChI is InChI=1S/C8H5ClN4S/c9-4-1-2-5-6(3-4)14-8-12-11-7(10)13(5)8/h1-3H,(H2,10,11). The molecule has 14 heavy (non-hydrogen) atoms. The Kier molecular flexibility index (Phi) is 1.48. The first-order valence-corrected chi connectivity index (χ1v) is 5.14. The maximum atomic E-state index is 5.88. The maximum Gasteiger partial charge on any atom is 0.227 e. The van der Waals surface area contributed by atoms with Crippen LogP contribution in [0, 0.1) is 0 Å². The molecule has 0 saturated heterocycles. The molecule has 0 amide bonds. The molecular formula is C8H5ClN4S. The Morgan fingerprint density at radius 3 is 3.07 bits per heavy atom. The van der Waals surface area contributed by atoms with Crippen LogP contribution in [-0.2, 0) is 0 Å². The number of aromatic nitrogens is 3. The molecule has 6 heteroatoms. The molecule has 0 aliphatic carbocycles. The topological polar surface area (TPSA) is 56.2 Å². The van der Waals surface area contributed by atoms with Crippen LogP contribution in [0.25, 0.3) is 15.2 Å². The highest BCUT2D eigenvalue weighted by Gasteiger charge is 2.09. The third kappa shape index (κ3) is 0.935. The average Bonchev–Trinajstić information content (AvgIpc) is 2.66. The average molecular weight is 225 g/mol. The number of hydrogen-bond acceptors (Lipinski definition) is 4. The highest BCUT2D eigenvalue weighted by atomic mass is 35.5. The molecule has 0 aliphatic rings. The molecule has 0 unspecified atom stereocenters. The molecule has 0 saturated carbocycles. The molecule has 0 atom stereocenters. The van der Waals surface area contributed by atoms with Gasteiger partial charge >= 0.3 is 0 Å². The van der Waals surface area contributed by atoms with Gasteiger partial charge in [0.2, 0.25) is 10.9 Å². The zero-order chi connectivity index (χ0) is 9.71. The summed E-state index contributed by atoms with van der Waals surface area (Å²) >= 11 is 7.40. The van der Waals surface area contributed by atoms with Gasteiger partial charge in [-0.15, -0.1) is 10.2 Å². The van der Waals surface area contributed by atoms with Crippen molar-refractivity contribution in [1.82, 2.24) is 14.6 Å². The number of rotatable bonds is 0. The number of nitrogen functional groups attached to an aromatic ring is 1. The molecule has 1 aromatic carbocycles. The lowest BCUT2D eigenvalue weighted by Crippen LogP contribution is -1.92. The Morgan fingerprint density at radius 2 is 2.21 bits per heavy atom. The SMILES string of the molecule is Nc1nnc2sc3cc(Cl)ccc3n12. The van der Waals surface area contributed by atoms with Crippen LogP contribution < -0.4 is 5.73 Å². The smallest absolute Gasteiger partial charge is 0.227 e. The van der Waals surface area contributed by atoms with Crippen molar-refractivity contribution in [1.29, 1.82) is 0 Å². The van der Waals surface area contributed by atoms with Crippen molar-refractivity contribution < 1.29 is 0 Å². The molecule has 4 nitrogen and oxygen atoms in total. The quantitative estimate of drug-likeness (QED) is 0.637. The fourth-order valence-corrected chi connectivity index (χ4v) is 2.67. The Hall–Kier alpha value is -1.33. The van der Waals surface area contributed by atoms with E-state index in [2.05, 4.69) is 10.2 Å². The van der Waals surface area contributed by atoms with Crippen LogP contribution in [0.15, 0.2) is 18.2 Å². The van der Waals surface area contributed by atoms with Crippen molar-refractivity contribution in [3.63, 3.8) is 0 Å². The van der Waals surface area contributed by atoms with E-state index in [9.17, 15) is 0 Å². The van der Waals surface area contributed by atoms with Crippen molar-refractivity contribution in [3.05, 3.63) is 23.2 Å². The lowest BCUT2D eigenvalue weighted by atomic mass is 10.3. The Labute approximate surface area is 87.9 Å². The predicted octanol–water partition coefficient (Wildman–Crippen LogP) is 2.18. The van der Waals surface area contributed by atoms with Gasteiger partial charge in [-0.05, 0) is 18.2 Å². The monoisotopic (exact) mass is 224 g/mol. The number of halogens is 1. The maximum absolute atomic E-state index is 5.88. The van der Waals surface area contributed by atoms with Gasteiger partial charge in [-0.2, -0.15) is 0 Å². The van der Waals surface area contributed by atoms with Crippen LogP contribution in [0.3, 0.4) is 0 Å². The summed E-state index contributed by atoms with van der Waals surface area (Å²) in [4.78, 5) is 0.791. The fraction of sp³-hybridized carbons (Fsp3) is 0. The Morgan fingerprint density at radius 1 is 1.36 bits per heavy atom. The summed E-state index contributed by atoms with van der Waals surface area (Å²) in [5, 5.41) is 8.46. The van der Waals surface area contributed by atoms with Crippen LogP contribution in [0.5, 0.6) is 0 Å². The normalized spacial score (nSPS) is 11.5. The van der Waals surface area contributed by atoms with E-state index in [4.69, 9.17) is 17.3 Å². The minimum Gasteiger partial charge on any atom is -0.368 e. The summed E-state index contributed by atoms with van der Waals surface area (Å²) in [7, 11) is 0. The van der Waals surface area contributed by atoms with Gasteiger partial charge in [-0.1, -0.05) is 22.9 Å². The molecule has 0 radical (unpaired) electrons. The molecule has 3 aromatic rings. The van der Waals surface area contributed by atoms with E-state index in [0.29, 0.717) is 11.0 Å². The van der Waals surface area contributed by atoms with Crippen molar-refractivity contribution >= 4 is 44.1 Å². The first kappa shape index (κ1) is 8.02. The molecular weight excluding hydrogens is 220 g/mol. The number of benzene rings is 1. The third-order valence-electron chi connectivity index (χ3n) is 2.02. The molecule has 0 spiro atoms. The van der Waals surface area contributed by atoms with E-state index in [1.54, 1.807) is 0 Å². The summed E-state index contributed by atoms with van der Waals surface area (Å²) in [6.07, 6.45) is 0. The van der Waals surface area contributed by atoms with Crippen molar-refractivity contribution in [3.8, 4) is 0 Å². The summed E-state index contributed by atoms with van der Waals surface area (Å²) in [6.45, 7) is 0. The lowest BCUT2D eigenvalue weighted by Gasteiger charge is -1.92. The number of fused-ring (bicyclic) bond motifs is 3. The highest BCUT2D eigenvalue weighted by molar-refractivity contribution is 7.23. The fourth-order valence-electron chi connectivity index (χ4n) is 1.43. The van der Waals surface area contributed by atoms with Crippen LogP contribution in [0.2, 0.25) is 5.02 Å². The van der Waals surface area contributed by atoms with Gasteiger partial charge in [0.15, 0.2) is 0 Å². The van der Waals surface area contributed by atoms with Gasteiger partial charge in [0.1, 0.15) is 0 Å². The van der Waals surface area contributed by atoms with E-state index in [0.717, 1.165) is 15.2 Å². The molecule has 2 aromatic heterocycles. The summed E-state index contributed by atoms with van der Waals surface area (Å²) in [5.41, 5.74) is 6.68. The Balaban J connectivity index is 2.58. The van der Waals surface area contributed by atoms with Gasteiger partial charge in [0, 0.05) is 5.02 Å². The van der Waals surface area contributed by atoms with Gasteiger partial charge < -0.3 is 5.73 Å². The number of nitrogens with two attached hydrogens (primary N) is 1. The molecule has 0 fully saturated rings. The molecule has 0 bridgehead atoms. The first-order chi connectivity index (χ1) is 6.75. The second-order valence-electron chi connectivity index (χ2n) is 2.89. The molecule has 0 aliphatic heterocycles. The highest BCUT2D eigenvalue weighted by Crippen LogP contribution is 2.28. The van der Waals surface area contributed by atoms with Gasteiger partial charge in [0.25, 0.3) is 0 Å². The van der Waals surface area contributed by atoms with Crippen molar-refractivity contribution in [2.24, 2.45) is 0 Å². The Bertz CT molecular complexity index is 627. The van der Waals surface area contributed by atoms with E-state index in [-0.39, 0.29) is 0 Å². The predicted molar refractivity (Wildman–Crippen MR) is 57.8 cm³/mol. The molecule has 2 heterocycles. The number of nitrogens with zero attached hydrogens (tertiary/aromatic N) is 3. The largest absolute Gasteiger partial charge is 0.368 e. The van der Waals surface area contributed by atoms with Gasteiger partial charge in [-0.3, -0.25) is 4.40 Å². The lowest BCUT2D eigenvalue weighted by molar-refractivity contribution is 1.12. The van der Waals surface area contributed by atoms with E-state index >= 15 is 0 Å². The zero-order valence-electron chi connectivity index (χ0n) is 6.94. The number of anilines is 1. The van der Waals surface area contributed by atoms with Crippen LogP contribution in [0.1, 0.15) is 0 Å². The molecule has 70 valence electrons. The molecule has 2 N–H and O–H groups in total. The van der Waals surface area contributed by atoms with E-state index < -0.39 is 0 Å². The second kappa shape index (κ2) is 2.59. The third-order valence-corrected chi connectivity index (χ3v) is 3.25. The summed E-state index contributed by atoms with van der Waals surface area (Å²) in [5.74, 6) is 0.411. The second-order valence-corrected chi connectivity index (χ2v) is 4.34. The summed E-state index contributed by atoms with van der Waals surface area (Å²) in [6, 6.07) is 5.64. The first-order valence-electron chi connectivity index (χ1n) is 3.94.